The fourth-order valence-corrected chi connectivity index (χ4v) is 3.35. The van der Waals surface area contributed by atoms with Gasteiger partial charge in [0.15, 0.2) is 0 Å². The Morgan fingerprint density at radius 1 is 0.636 bits per heavy atom. The quantitative estimate of drug-likeness (QED) is 0.607. The van der Waals surface area contributed by atoms with Gasteiger partial charge in [0.25, 0.3) is 20.2 Å². The van der Waals surface area contributed by atoms with Gasteiger partial charge in [0.05, 0.1) is 0 Å². The van der Waals surface area contributed by atoms with Crippen molar-refractivity contribution < 1.29 is 36.2 Å². The lowest BCUT2D eigenvalue weighted by Crippen LogP contribution is -2.05. The van der Waals surface area contributed by atoms with Gasteiger partial charge in [-0.25, -0.2) is 0 Å². The lowest BCUT2D eigenvalue weighted by atomic mass is 10.1. The Hall–Kier alpha value is -2.14. The van der Waals surface area contributed by atoms with Gasteiger partial charge < -0.3 is 10.2 Å². The van der Waals surface area contributed by atoms with Crippen LogP contribution in [0.2, 0.25) is 0 Å². The van der Waals surface area contributed by atoms with Gasteiger partial charge in [-0.2, -0.15) is 16.8 Å². The molecular formula is C12H10O8S2. The van der Waals surface area contributed by atoms with Crippen molar-refractivity contribution in [1.82, 2.24) is 0 Å². The van der Waals surface area contributed by atoms with Crippen molar-refractivity contribution in [3.8, 4) is 22.6 Å². The molecule has 0 saturated carbocycles. The molecule has 10 heteroatoms. The van der Waals surface area contributed by atoms with Gasteiger partial charge in [0, 0.05) is 23.3 Å². The van der Waals surface area contributed by atoms with Crippen LogP contribution >= 0.6 is 0 Å². The standard InChI is InChI=1S/C12H10O8S2/c13-7-1-3-9(11(5-7)21(15,16)17)10-4-2-8(14)6-12(10)22(18,19)20/h1-6,13-14H,(H,15,16,17)(H,18,19,20). The van der Waals surface area contributed by atoms with Gasteiger partial charge >= 0.3 is 0 Å². The molecule has 2 rings (SSSR count). The molecule has 0 aliphatic rings. The van der Waals surface area contributed by atoms with Gasteiger partial charge in [-0.3, -0.25) is 9.11 Å². The highest BCUT2D eigenvalue weighted by molar-refractivity contribution is 7.86. The van der Waals surface area contributed by atoms with Gasteiger partial charge in [0.2, 0.25) is 0 Å². The molecule has 0 saturated heterocycles. The van der Waals surface area contributed by atoms with Crippen LogP contribution in [-0.2, 0) is 20.2 Å². The van der Waals surface area contributed by atoms with Gasteiger partial charge in [-0.15, -0.1) is 0 Å². The topological polar surface area (TPSA) is 149 Å². The number of phenolic OH excluding ortho intramolecular Hbond substituents is 2. The molecule has 4 N–H and O–H groups in total. The summed E-state index contributed by atoms with van der Waals surface area (Å²) in [5.41, 5.74) is -0.541. The summed E-state index contributed by atoms with van der Waals surface area (Å²) in [6.45, 7) is 0. The molecule has 0 unspecified atom stereocenters. The molecule has 0 fully saturated rings. The summed E-state index contributed by atoms with van der Waals surface area (Å²) in [5, 5.41) is 18.7. The van der Waals surface area contributed by atoms with Crippen LogP contribution in [0.5, 0.6) is 11.5 Å². The second kappa shape index (κ2) is 5.25. The predicted octanol–water partition coefficient (Wildman–Crippen LogP) is 1.26. The lowest BCUT2D eigenvalue weighted by Gasteiger charge is -2.11. The first kappa shape index (κ1) is 16.2. The van der Waals surface area contributed by atoms with Crippen molar-refractivity contribution in [3.63, 3.8) is 0 Å². The molecule has 2 aromatic rings. The molecule has 0 aliphatic heterocycles. The van der Waals surface area contributed by atoms with E-state index in [0.29, 0.717) is 0 Å². The molecule has 0 spiro atoms. The molecule has 2 aromatic carbocycles. The molecule has 0 heterocycles. The zero-order chi connectivity index (χ0) is 16.7. The van der Waals surface area contributed by atoms with E-state index in [1.807, 2.05) is 0 Å². The summed E-state index contributed by atoms with van der Waals surface area (Å²) >= 11 is 0. The molecule has 8 nitrogen and oxygen atoms in total. The Bertz CT molecular complexity index is 866. The molecular weight excluding hydrogens is 336 g/mol. The highest BCUT2D eigenvalue weighted by atomic mass is 32.2. The molecule has 118 valence electrons. The summed E-state index contributed by atoms with van der Waals surface area (Å²) in [4.78, 5) is -1.49. The number of hydrogen-bond donors (Lipinski definition) is 4. The number of aromatic hydroxyl groups is 2. The van der Waals surface area contributed by atoms with Crippen molar-refractivity contribution in [3.05, 3.63) is 36.4 Å². The molecule has 0 bridgehead atoms. The average Bonchev–Trinajstić information content (AvgIpc) is 2.37. The van der Waals surface area contributed by atoms with Crippen molar-refractivity contribution in [2.75, 3.05) is 0 Å². The van der Waals surface area contributed by atoms with E-state index in [-0.39, 0.29) is 11.1 Å². The maximum absolute atomic E-state index is 11.4. The summed E-state index contributed by atoms with van der Waals surface area (Å²) in [5.74, 6) is -0.938. The number of hydrogen-bond acceptors (Lipinski definition) is 6. The van der Waals surface area contributed by atoms with Gasteiger partial charge in [-0.1, -0.05) is 0 Å². The number of rotatable bonds is 3. The van der Waals surface area contributed by atoms with Crippen LogP contribution in [0, 0.1) is 0 Å². The SMILES string of the molecule is O=S(=O)(O)c1cc(O)ccc1-c1ccc(O)cc1S(=O)(=O)O. The second-order valence-electron chi connectivity index (χ2n) is 4.31. The van der Waals surface area contributed by atoms with Crippen LogP contribution in [0.4, 0.5) is 0 Å². The summed E-state index contributed by atoms with van der Waals surface area (Å²) in [7, 11) is -9.55. The molecule has 22 heavy (non-hydrogen) atoms. The fraction of sp³-hybridized carbons (Fsp3) is 0. The number of benzene rings is 2. The third-order valence-corrected chi connectivity index (χ3v) is 4.56. The second-order valence-corrected chi connectivity index (χ2v) is 7.09. The molecule has 0 aliphatic carbocycles. The van der Waals surface area contributed by atoms with E-state index >= 15 is 0 Å². The maximum atomic E-state index is 11.4. The molecule has 0 amide bonds. The minimum atomic E-state index is -4.78. The Morgan fingerprint density at radius 2 is 0.955 bits per heavy atom. The third-order valence-electron chi connectivity index (χ3n) is 2.78. The molecule has 0 atom stereocenters. The zero-order valence-electron chi connectivity index (χ0n) is 10.7. The zero-order valence-corrected chi connectivity index (χ0v) is 12.3. The Kier molecular flexibility index (Phi) is 3.87. The Morgan fingerprint density at radius 3 is 1.23 bits per heavy atom. The normalized spacial score (nSPS) is 12.3. The minimum absolute atomic E-state index is 0.270. The minimum Gasteiger partial charge on any atom is -0.508 e. The molecule has 0 aromatic heterocycles. The monoisotopic (exact) mass is 346 g/mol. The van der Waals surface area contributed by atoms with Crippen LogP contribution in [0.3, 0.4) is 0 Å². The van der Waals surface area contributed by atoms with Crippen molar-refractivity contribution >= 4 is 20.2 Å². The number of phenols is 2. The average molecular weight is 346 g/mol. The van der Waals surface area contributed by atoms with E-state index in [1.165, 1.54) is 0 Å². The highest BCUT2D eigenvalue weighted by Gasteiger charge is 2.23. The Balaban J connectivity index is 2.90. The van der Waals surface area contributed by atoms with E-state index in [4.69, 9.17) is 0 Å². The van der Waals surface area contributed by atoms with E-state index in [2.05, 4.69) is 0 Å². The van der Waals surface area contributed by atoms with Crippen molar-refractivity contribution in [2.45, 2.75) is 9.79 Å². The predicted molar refractivity (Wildman–Crippen MR) is 74.8 cm³/mol. The first-order valence-corrected chi connectivity index (χ1v) is 8.49. The maximum Gasteiger partial charge on any atom is 0.295 e. The van der Waals surface area contributed by atoms with E-state index in [0.717, 1.165) is 36.4 Å². The highest BCUT2D eigenvalue weighted by Crippen LogP contribution is 2.35. The van der Waals surface area contributed by atoms with Crippen LogP contribution < -0.4 is 0 Å². The van der Waals surface area contributed by atoms with Crippen LogP contribution in [-0.4, -0.2) is 36.2 Å². The summed E-state index contributed by atoms with van der Waals surface area (Å²) in [6.07, 6.45) is 0. The van der Waals surface area contributed by atoms with Gasteiger partial charge in [-0.05, 0) is 24.3 Å². The first-order chi connectivity index (χ1) is 10.00. The lowest BCUT2D eigenvalue weighted by molar-refractivity contribution is 0.465. The first-order valence-electron chi connectivity index (χ1n) is 5.61. The summed E-state index contributed by atoms with van der Waals surface area (Å²) in [6, 6.07) is 5.71. The van der Waals surface area contributed by atoms with Crippen molar-refractivity contribution in [2.24, 2.45) is 0 Å². The van der Waals surface area contributed by atoms with E-state index < -0.39 is 41.5 Å². The Labute approximate surface area is 125 Å². The largest absolute Gasteiger partial charge is 0.508 e. The summed E-state index contributed by atoms with van der Waals surface area (Å²) < 4.78 is 64.0. The fourth-order valence-electron chi connectivity index (χ4n) is 1.89. The van der Waals surface area contributed by atoms with Crippen LogP contribution in [0.1, 0.15) is 0 Å². The smallest absolute Gasteiger partial charge is 0.295 e. The molecule has 0 radical (unpaired) electrons. The van der Waals surface area contributed by atoms with Crippen LogP contribution in [0.25, 0.3) is 11.1 Å². The van der Waals surface area contributed by atoms with Crippen LogP contribution in [0.15, 0.2) is 46.2 Å². The third kappa shape index (κ3) is 3.20. The van der Waals surface area contributed by atoms with E-state index in [1.54, 1.807) is 0 Å². The van der Waals surface area contributed by atoms with E-state index in [9.17, 15) is 36.2 Å². The van der Waals surface area contributed by atoms with Crippen molar-refractivity contribution in [1.29, 1.82) is 0 Å². The van der Waals surface area contributed by atoms with Gasteiger partial charge in [0.1, 0.15) is 21.3 Å².